The number of sulfonamides is 1. The SMILES string of the molecule is CC(C(=O)NC1CCCC1)N(Cc1ccccc1Cl)C(=O)CN(c1ccc(C(C)(C)C)cc1)S(C)(=O)=O. The molecule has 2 amide bonds. The summed E-state index contributed by atoms with van der Waals surface area (Å²) in [6, 6.07) is 13.6. The Morgan fingerprint density at radius 3 is 2.19 bits per heavy atom. The fourth-order valence-electron chi connectivity index (χ4n) is 4.53. The number of carbonyl (C=O) groups is 2. The van der Waals surface area contributed by atoms with E-state index in [9.17, 15) is 18.0 Å². The lowest BCUT2D eigenvalue weighted by molar-refractivity contribution is -0.139. The van der Waals surface area contributed by atoms with Crippen LogP contribution in [0, 0.1) is 0 Å². The molecule has 3 rings (SSSR count). The van der Waals surface area contributed by atoms with Crippen molar-refractivity contribution in [1.29, 1.82) is 0 Å². The van der Waals surface area contributed by atoms with Crippen LogP contribution >= 0.6 is 11.6 Å². The van der Waals surface area contributed by atoms with Gasteiger partial charge in [0.15, 0.2) is 0 Å². The number of anilines is 1. The van der Waals surface area contributed by atoms with Gasteiger partial charge in [-0.2, -0.15) is 0 Å². The van der Waals surface area contributed by atoms with Crippen molar-refractivity contribution in [3.63, 3.8) is 0 Å². The van der Waals surface area contributed by atoms with E-state index in [1.165, 1.54) is 4.90 Å². The maximum absolute atomic E-state index is 13.7. The van der Waals surface area contributed by atoms with E-state index in [0.717, 1.165) is 41.8 Å². The highest BCUT2D eigenvalue weighted by atomic mass is 35.5. The second-order valence-corrected chi connectivity index (χ2v) is 13.2. The molecule has 0 bridgehead atoms. The fraction of sp³-hybridized carbons (Fsp3) is 0.500. The van der Waals surface area contributed by atoms with Crippen molar-refractivity contribution in [2.75, 3.05) is 17.1 Å². The molecule has 1 N–H and O–H groups in total. The van der Waals surface area contributed by atoms with Crippen molar-refractivity contribution < 1.29 is 18.0 Å². The first-order chi connectivity index (χ1) is 17.3. The van der Waals surface area contributed by atoms with Gasteiger partial charge >= 0.3 is 0 Å². The summed E-state index contributed by atoms with van der Waals surface area (Å²) >= 11 is 6.38. The summed E-state index contributed by atoms with van der Waals surface area (Å²) in [6.07, 6.45) is 5.05. The van der Waals surface area contributed by atoms with Gasteiger partial charge in [0.25, 0.3) is 0 Å². The topological polar surface area (TPSA) is 86.8 Å². The minimum atomic E-state index is -3.78. The first-order valence-corrected chi connectivity index (χ1v) is 14.9. The van der Waals surface area contributed by atoms with Gasteiger partial charge in [-0.1, -0.05) is 75.5 Å². The van der Waals surface area contributed by atoms with E-state index in [1.54, 1.807) is 37.3 Å². The zero-order valence-corrected chi connectivity index (χ0v) is 23.9. The number of carbonyl (C=O) groups excluding carboxylic acids is 2. The minimum absolute atomic E-state index is 0.0817. The second kappa shape index (κ2) is 11.9. The largest absolute Gasteiger partial charge is 0.352 e. The van der Waals surface area contributed by atoms with E-state index < -0.39 is 28.5 Å². The Balaban J connectivity index is 1.89. The van der Waals surface area contributed by atoms with Gasteiger partial charge in [0, 0.05) is 17.6 Å². The molecule has 1 saturated carbocycles. The molecule has 0 heterocycles. The lowest BCUT2D eigenvalue weighted by atomic mass is 9.87. The van der Waals surface area contributed by atoms with Gasteiger partial charge in [-0.3, -0.25) is 13.9 Å². The van der Waals surface area contributed by atoms with E-state index in [1.807, 2.05) is 18.2 Å². The number of nitrogens with zero attached hydrogens (tertiary/aromatic N) is 2. The summed E-state index contributed by atoms with van der Waals surface area (Å²) < 4.78 is 26.6. The predicted octanol–water partition coefficient (Wildman–Crippen LogP) is 4.88. The Bertz CT molecular complexity index is 1200. The number of rotatable bonds is 9. The standard InChI is InChI=1S/C28H38ClN3O4S/c1-20(27(34)30-23-11-7-8-12-23)31(18-21-10-6-9-13-25(21)29)26(33)19-32(37(5,35)36)24-16-14-22(15-17-24)28(2,3)4/h6,9-10,13-17,20,23H,7-8,11-12,18-19H2,1-5H3,(H,30,34). The van der Waals surface area contributed by atoms with Crippen molar-refractivity contribution in [3.05, 3.63) is 64.7 Å². The van der Waals surface area contributed by atoms with Crippen LogP contribution in [0.15, 0.2) is 48.5 Å². The molecular weight excluding hydrogens is 510 g/mol. The first kappa shape index (κ1) is 29.0. The molecule has 1 unspecified atom stereocenters. The van der Waals surface area contributed by atoms with E-state index in [-0.39, 0.29) is 23.9 Å². The third-order valence-electron chi connectivity index (χ3n) is 6.87. The highest BCUT2D eigenvalue weighted by Crippen LogP contribution is 2.27. The van der Waals surface area contributed by atoms with E-state index in [4.69, 9.17) is 11.6 Å². The lowest BCUT2D eigenvalue weighted by Crippen LogP contribution is -2.52. The molecule has 37 heavy (non-hydrogen) atoms. The molecule has 2 aromatic rings. The highest BCUT2D eigenvalue weighted by molar-refractivity contribution is 7.92. The van der Waals surface area contributed by atoms with Crippen LogP contribution in [0.4, 0.5) is 5.69 Å². The first-order valence-electron chi connectivity index (χ1n) is 12.7. The molecule has 0 saturated heterocycles. The van der Waals surface area contributed by atoms with Crippen LogP contribution in [0.5, 0.6) is 0 Å². The Kier molecular flexibility index (Phi) is 9.29. The molecule has 202 valence electrons. The molecule has 0 aromatic heterocycles. The van der Waals surface area contributed by atoms with Gasteiger partial charge in [-0.05, 0) is 54.5 Å². The molecule has 0 radical (unpaired) electrons. The van der Waals surface area contributed by atoms with Crippen LogP contribution in [0.2, 0.25) is 5.02 Å². The Morgan fingerprint density at radius 1 is 1.05 bits per heavy atom. The van der Waals surface area contributed by atoms with Crippen molar-refractivity contribution in [3.8, 4) is 0 Å². The zero-order chi connectivity index (χ0) is 27.4. The van der Waals surface area contributed by atoms with Gasteiger partial charge < -0.3 is 10.2 Å². The van der Waals surface area contributed by atoms with Crippen molar-refractivity contribution in [2.45, 2.75) is 77.4 Å². The van der Waals surface area contributed by atoms with Crippen molar-refractivity contribution >= 4 is 39.1 Å². The van der Waals surface area contributed by atoms with Crippen LogP contribution in [0.25, 0.3) is 0 Å². The average molecular weight is 548 g/mol. The molecule has 1 aliphatic rings. The third-order valence-corrected chi connectivity index (χ3v) is 8.38. The number of nitrogens with one attached hydrogen (secondary N) is 1. The minimum Gasteiger partial charge on any atom is -0.352 e. The fourth-order valence-corrected chi connectivity index (χ4v) is 5.57. The third kappa shape index (κ3) is 7.71. The van der Waals surface area contributed by atoms with Gasteiger partial charge in [-0.25, -0.2) is 8.42 Å². The van der Waals surface area contributed by atoms with Crippen molar-refractivity contribution in [1.82, 2.24) is 10.2 Å². The average Bonchev–Trinajstić information content (AvgIpc) is 3.33. The number of hydrogen-bond acceptors (Lipinski definition) is 4. The van der Waals surface area contributed by atoms with Gasteiger partial charge in [0.2, 0.25) is 21.8 Å². The molecule has 0 spiro atoms. The second-order valence-electron chi connectivity index (χ2n) is 10.8. The Morgan fingerprint density at radius 2 is 1.65 bits per heavy atom. The van der Waals surface area contributed by atoms with E-state index >= 15 is 0 Å². The number of benzene rings is 2. The normalized spacial score (nSPS) is 15.3. The highest BCUT2D eigenvalue weighted by Gasteiger charge is 2.31. The smallest absolute Gasteiger partial charge is 0.244 e. The van der Waals surface area contributed by atoms with Crippen LogP contribution in [0.1, 0.15) is 64.5 Å². The Hall–Kier alpha value is -2.58. The summed E-state index contributed by atoms with van der Waals surface area (Å²) in [4.78, 5) is 28.2. The molecule has 1 fully saturated rings. The quantitative estimate of drug-likeness (QED) is 0.485. The summed E-state index contributed by atoms with van der Waals surface area (Å²) in [5.74, 6) is -0.743. The van der Waals surface area contributed by atoms with E-state index in [2.05, 4.69) is 26.1 Å². The molecule has 7 nitrogen and oxygen atoms in total. The molecule has 0 aliphatic heterocycles. The number of halogens is 1. The van der Waals surface area contributed by atoms with Crippen LogP contribution in [0.3, 0.4) is 0 Å². The lowest BCUT2D eigenvalue weighted by Gasteiger charge is -2.32. The zero-order valence-electron chi connectivity index (χ0n) is 22.3. The summed E-state index contributed by atoms with van der Waals surface area (Å²) in [5, 5.41) is 3.53. The molecule has 9 heteroatoms. The summed E-state index contributed by atoms with van der Waals surface area (Å²) in [5.41, 5.74) is 2.02. The molecule has 2 aromatic carbocycles. The molecular formula is C28H38ClN3O4S. The predicted molar refractivity (Wildman–Crippen MR) is 149 cm³/mol. The maximum atomic E-state index is 13.7. The van der Waals surface area contributed by atoms with Crippen LogP contribution in [-0.2, 0) is 31.6 Å². The molecule has 1 atom stereocenters. The van der Waals surface area contributed by atoms with Crippen LogP contribution < -0.4 is 9.62 Å². The maximum Gasteiger partial charge on any atom is 0.244 e. The summed E-state index contributed by atoms with van der Waals surface area (Å²) in [7, 11) is -3.78. The van der Waals surface area contributed by atoms with E-state index in [0.29, 0.717) is 16.3 Å². The Labute approximate surface area is 226 Å². The number of hydrogen-bond donors (Lipinski definition) is 1. The molecule has 1 aliphatic carbocycles. The van der Waals surface area contributed by atoms with Gasteiger partial charge in [0.05, 0.1) is 11.9 Å². The van der Waals surface area contributed by atoms with Crippen LogP contribution in [-0.4, -0.2) is 50.0 Å². The monoisotopic (exact) mass is 547 g/mol. The van der Waals surface area contributed by atoms with Gasteiger partial charge in [-0.15, -0.1) is 0 Å². The summed E-state index contributed by atoms with van der Waals surface area (Å²) in [6.45, 7) is 7.54. The van der Waals surface area contributed by atoms with Gasteiger partial charge in [0.1, 0.15) is 12.6 Å². The number of amides is 2. The van der Waals surface area contributed by atoms with Crippen molar-refractivity contribution in [2.24, 2.45) is 0 Å².